The maximum absolute atomic E-state index is 13.5. The van der Waals surface area contributed by atoms with Crippen molar-refractivity contribution in [2.75, 3.05) is 31.6 Å². The Labute approximate surface area is 180 Å². The third-order valence-corrected chi connectivity index (χ3v) is 5.85. The van der Waals surface area contributed by atoms with Gasteiger partial charge in [-0.3, -0.25) is 4.79 Å². The summed E-state index contributed by atoms with van der Waals surface area (Å²) in [5, 5.41) is 12.4. The number of nitrogens with zero attached hydrogens (tertiary/aromatic N) is 1. The molecule has 2 heterocycles. The molecule has 1 atom stereocenters. The fourth-order valence-electron chi connectivity index (χ4n) is 4.33. The number of carbonyl (C=O) groups is 1. The minimum atomic E-state index is -0.248. The molecule has 0 radical (unpaired) electrons. The van der Waals surface area contributed by atoms with E-state index in [-0.39, 0.29) is 35.7 Å². The average Bonchev–Trinajstić information content (AvgIpc) is 3.06. The summed E-state index contributed by atoms with van der Waals surface area (Å²) in [6.07, 6.45) is 2.46. The van der Waals surface area contributed by atoms with Crippen LogP contribution in [0.25, 0.3) is 0 Å². The number of phenols is 1. The highest BCUT2D eigenvalue weighted by Gasteiger charge is 2.42. The number of aromatic hydroxyl groups is 1. The lowest BCUT2D eigenvalue weighted by molar-refractivity contribution is -0.114. The number of hydrogen-bond donors (Lipinski definition) is 3. The van der Waals surface area contributed by atoms with Gasteiger partial charge in [-0.1, -0.05) is 0 Å². The molecule has 4 rings (SSSR count). The standard InChI is InChI=1S/C23H28FN3O4/c1-15(28)26-20-4-3-19(29)11-22(20)30-14-18(25)13-27-8-6-23(7-9-27)12-16-10-17(24)2-5-21(16)31-23/h2-5,10-11,18,29H,6-9,12-14,25H2,1H3,(H,26,28)/t18-/m1/s1. The van der Waals surface area contributed by atoms with Crippen LogP contribution < -0.4 is 20.5 Å². The fraction of sp³-hybridized carbons (Fsp3) is 0.435. The maximum atomic E-state index is 13.5. The molecule has 0 aliphatic carbocycles. The molecule has 2 aromatic carbocycles. The molecular formula is C23H28FN3O4. The second-order valence-corrected chi connectivity index (χ2v) is 8.45. The first-order valence-corrected chi connectivity index (χ1v) is 10.5. The van der Waals surface area contributed by atoms with Gasteiger partial charge in [0.25, 0.3) is 0 Å². The number of benzene rings is 2. The molecule has 2 aromatic rings. The normalized spacial score (nSPS) is 18.3. The molecule has 1 amide bonds. The van der Waals surface area contributed by atoms with E-state index in [4.69, 9.17) is 15.2 Å². The molecule has 0 aromatic heterocycles. The summed E-state index contributed by atoms with van der Waals surface area (Å²) in [6, 6.07) is 9.02. The molecule has 2 aliphatic rings. The number of nitrogens with two attached hydrogens (primary N) is 1. The number of hydrogen-bond acceptors (Lipinski definition) is 6. The zero-order chi connectivity index (χ0) is 22.0. The highest BCUT2D eigenvalue weighted by atomic mass is 19.1. The Balaban J connectivity index is 1.27. The molecule has 1 spiro atoms. The van der Waals surface area contributed by atoms with Gasteiger partial charge >= 0.3 is 0 Å². The van der Waals surface area contributed by atoms with E-state index in [2.05, 4.69) is 10.2 Å². The van der Waals surface area contributed by atoms with E-state index in [0.717, 1.165) is 43.7 Å². The summed E-state index contributed by atoms with van der Waals surface area (Å²) < 4.78 is 25.5. The molecular weight excluding hydrogens is 401 g/mol. The number of phenolic OH excluding ortho intramolecular Hbond substituents is 1. The lowest BCUT2D eigenvalue weighted by atomic mass is 9.87. The van der Waals surface area contributed by atoms with E-state index in [1.807, 2.05) is 0 Å². The van der Waals surface area contributed by atoms with Crippen molar-refractivity contribution < 1.29 is 23.8 Å². The van der Waals surface area contributed by atoms with E-state index >= 15 is 0 Å². The van der Waals surface area contributed by atoms with Crippen molar-refractivity contribution >= 4 is 11.6 Å². The number of nitrogens with one attached hydrogen (secondary N) is 1. The molecule has 8 heteroatoms. The lowest BCUT2D eigenvalue weighted by Gasteiger charge is -2.39. The van der Waals surface area contributed by atoms with Gasteiger partial charge in [-0.25, -0.2) is 4.39 Å². The van der Waals surface area contributed by atoms with Crippen LogP contribution in [0.2, 0.25) is 0 Å². The van der Waals surface area contributed by atoms with Gasteiger partial charge in [-0.2, -0.15) is 0 Å². The number of carbonyl (C=O) groups excluding carboxylic acids is 1. The Kier molecular flexibility index (Phi) is 6.02. The smallest absolute Gasteiger partial charge is 0.221 e. The number of anilines is 1. The van der Waals surface area contributed by atoms with Crippen molar-refractivity contribution in [3.05, 3.63) is 47.8 Å². The number of halogens is 1. The molecule has 4 N–H and O–H groups in total. The van der Waals surface area contributed by atoms with Gasteiger partial charge in [0, 0.05) is 57.5 Å². The quantitative estimate of drug-likeness (QED) is 0.611. The van der Waals surface area contributed by atoms with Gasteiger partial charge in [0.05, 0.1) is 11.7 Å². The number of amides is 1. The predicted octanol–water partition coefficient (Wildman–Crippen LogP) is 2.67. The van der Waals surface area contributed by atoms with E-state index < -0.39 is 0 Å². The van der Waals surface area contributed by atoms with Crippen molar-refractivity contribution in [2.24, 2.45) is 5.73 Å². The lowest BCUT2D eigenvalue weighted by Crippen LogP contribution is -2.51. The second kappa shape index (κ2) is 8.72. The average molecular weight is 429 g/mol. The molecule has 166 valence electrons. The highest BCUT2D eigenvalue weighted by Crippen LogP contribution is 2.41. The number of ether oxygens (including phenoxy) is 2. The van der Waals surface area contributed by atoms with Gasteiger partial charge in [0.15, 0.2) is 0 Å². The molecule has 0 unspecified atom stereocenters. The van der Waals surface area contributed by atoms with Crippen molar-refractivity contribution in [2.45, 2.75) is 37.8 Å². The number of rotatable bonds is 6. The highest BCUT2D eigenvalue weighted by molar-refractivity contribution is 5.90. The van der Waals surface area contributed by atoms with Crippen LogP contribution in [0.3, 0.4) is 0 Å². The monoisotopic (exact) mass is 429 g/mol. The zero-order valence-electron chi connectivity index (χ0n) is 17.6. The first kappa shape index (κ1) is 21.4. The molecule has 0 saturated carbocycles. The summed E-state index contributed by atoms with van der Waals surface area (Å²) >= 11 is 0. The van der Waals surface area contributed by atoms with Crippen molar-refractivity contribution in [3.8, 4) is 17.2 Å². The van der Waals surface area contributed by atoms with E-state index in [1.165, 1.54) is 25.1 Å². The third-order valence-electron chi connectivity index (χ3n) is 5.85. The van der Waals surface area contributed by atoms with Crippen molar-refractivity contribution in [1.29, 1.82) is 0 Å². The molecule has 0 bridgehead atoms. The topological polar surface area (TPSA) is 97.0 Å². The molecule has 1 fully saturated rings. The summed E-state index contributed by atoms with van der Waals surface area (Å²) in [5.41, 5.74) is 7.47. The van der Waals surface area contributed by atoms with Crippen LogP contribution >= 0.6 is 0 Å². The Morgan fingerprint density at radius 1 is 1.32 bits per heavy atom. The third kappa shape index (κ3) is 5.08. The summed E-state index contributed by atoms with van der Waals surface area (Å²) in [6.45, 7) is 4.00. The second-order valence-electron chi connectivity index (χ2n) is 8.45. The summed E-state index contributed by atoms with van der Waals surface area (Å²) in [5.74, 6) is 0.780. The van der Waals surface area contributed by atoms with Crippen LogP contribution in [-0.4, -0.2) is 53.8 Å². The first-order chi connectivity index (χ1) is 14.8. The van der Waals surface area contributed by atoms with Crippen LogP contribution in [0.5, 0.6) is 17.2 Å². The molecule has 31 heavy (non-hydrogen) atoms. The number of likely N-dealkylation sites (tertiary alicyclic amines) is 1. The van der Waals surface area contributed by atoms with Gasteiger partial charge in [-0.05, 0) is 30.3 Å². The van der Waals surface area contributed by atoms with Crippen molar-refractivity contribution in [1.82, 2.24) is 4.90 Å². The minimum absolute atomic E-state index is 0.0523. The van der Waals surface area contributed by atoms with E-state index in [9.17, 15) is 14.3 Å². The summed E-state index contributed by atoms with van der Waals surface area (Å²) in [7, 11) is 0. The van der Waals surface area contributed by atoms with Gasteiger partial charge < -0.3 is 30.5 Å². The Morgan fingerprint density at radius 3 is 2.84 bits per heavy atom. The maximum Gasteiger partial charge on any atom is 0.221 e. The fourth-order valence-corrected chi connectivity index (χ4v) is 4.33. The zero-order valence-corrected chi connectivity index (χ0v) is 17.6. The Morgan fingerprint density at radius 2 is 2.10 bits per heavy atom. The Hall–Kier alpha value is -2.84. The van der Waals surface area contributed by atoms with Crippen LogP contribution in [0.4, 0.5) is 10.1 Å². The van der Waals surface area contributed by atoms with Crippen LogP contribution in [0.1, 0.15) is 25.3 Å². The van der Waals surface area contributed by atoms with Crippen molar-refractivity contribution in [3.63, 3.8) is 0 Å². The predicted molar refractivity (Wildman–Crippen MR) is 115 cm³/mol. The summed E-state index contributed by atoms with van der Waals surface area (Å²) in [4.78, 5) is 13.6. The molecule has 2 aliphatic heterocycles. The Bertz CT molecular complexity index is 960. The molecule has 7 nitrogen and oxygen atoms in total. The van der Waals surface area contributed by atoms with Gasteiger partial charge in [0.2, 0.25) is 5.91 Å². The van der Waals surface area contributed by atoms with Gasteiger partial charge in [0.1, 0.15) is 35.3 Å². The first-order valence-electron chi connectivity index (χ1n) is 10.5. The van der Waals surface area contributed by atoms with Crippen LogP contribution in [-0.2, 0) is 11.2 Å². The van der Waals surface area contributed by atoms with Crippen LogP contribution in [0, 0.1) is 5.82 Å². The van der Waals surface area contributed by atoms with Gasteiger partial charge in [-0.15, -0.1) is 0 Å². The molecule has 1 saturated heterocycles. The largest absolute Gasteiger partial charge is 0.508 e. The number of fused-ring (bicyclic) bond motifs is 1. The SMILES string of the molecule is CC(=O)Nc1ccc(O)cc1OC[C@H](N)CN1CCC2(CC1)Cc1cc(F)ccc1O2. The van der Waals surface area contributed by atoms with E-state index in [1.54, 1.807) is 18.2 Å². The van der Waals surface area contributed by atoms with Crippen LogP contribution in [0.15, 0.2) is 36.4 Å². The van der Waals surface area contributed by atoms with E-state index in [0.29, 0.717) is 18.0 Å². The number of piperidine rings is 1. The minimum Gasteiger partial charge on any atom is -0.508 e.